The van der Waals surface area contributed by atoms with E-state index < -0.39 is 0 Å². The van der Waals surface area contributed by atoms with Crippen LogP contribution in [0.5, 0.6) is 0 Å². The Hall–Kier alpha value is -2.22. The second kappa shape index (κ2) is 7.57. The third-order valence-electron chi connectivity index (χ3n) is 5.45. The van der Waals surface area contributed by atoms with Crippen LogP contribution >= 0.6 is 0 Å². The number of likely N-dealkylation sites (tertiary alicyclic amines) is 1. The summed E-state index contributed by atoms with van der Waals surface area (Å²) >= 11 is 0. The van der Waals surface area contributed by atoms with Gasteiger partial charge in [-0.3, -0.25) is 9.48 Å². The smallest absolute Gasteiger partial charge is 0.257 e. The second-order valence-electron chi connectivity index (χ2n) is 7.10. The molecular formula is C18H26N6O2. The minimum absolute atomic E-state index is 0.0935. The summed E-state index contributed by atoms with van der Waals surface area (Å²) in [5, 5.41) is 12.7. The molecule has 2 aromatic rings. The highest BCUT2D eigenvalue weighted by Gasteiger charge is 2.31. The highest BCUT2D eigenvalue weighted by Crippen LogP contribution is 2.30. The van der Waals surface area contributed by atoms with Crippen LogP contribution in [-0.4, -0.2) is 61.9 Å². The quantitative estimate of drug-likeness (QED) is 0.834. The van der Waals surface area contributed by atoms with Gasteiger partial charge in [-0.1, -0.05) is 5.21 Å². The van der Waals surface area contributed by atoms with Crippen molar-refractivity contribution in [1.29, 1.82) is 0 Å². The summed E-state index contributed by atoms with van der Waals surface area (Å²) in [5.41, 5.74) is 1.71. The standard InChI is InChI=1S/C18H26N6O2/c1-2-23-13-16(17(20-23)14-5-10-26-11-6-14)18(25)22-8-3-4-15(12-22)24-9-7-19-21-24/h7,9,13-15H,2-6,8,10-12H2,1H3. The first-order chi connectivity index (χ1) is 12.8. The first kappa shape index (κ1) is 17.2. The van der Waals surface area contributed by atoms with Gasteiger partial charge in [-0.15, -0.1) is 5.10 Å². The molecule has 0 radical (unpaired) electrons. The van der Waals surface area contributed by atoms with Crippen molar-refractivity contribution in [3.8, 4) is 0 Å². The SMILES string of the molecule is CCn1cc(C(=O)N2CCCC(n3ccnn3)C2)c(C2CCOCC2)n1. The highest BCUT2D eigenvalue weighted by atomic mass is 16.5. The number of ether oxygens (including phenoxy) is 1. The molecule has 8 nitrogen and oxygen atoms in total. The first-order valence-electron chi connectivity index (χ1n) is 9.56. The number of hydrogen-bond acceptors (Lipinski definition) is 5. The van der Waals surface area contributed by atoms with E-state index in [9.17, 15) is 4.79 Å². The fourth-order valence-corrected chi connectivity index (χ4v) is 3.97. The predicted molar refractivity (Wildman–Crippen MR) is 94.9 cm³/mol. The van der Waals surface area contributed by atoms with Crippen LogP contribution in [0, 0.1) is 0 Å². The van der Waals surface area contributed by atoms with E-state index in [0.717, 1.165) is 63.2 Å². The zero-order chi connectivity index (χ0) is 17.9. The van der Waals surface area contributed by atoms with Crippen molar-refractivity contribution in [2.75, 3.05) is 26.3 Å². The van der Waals surface area contributed by atoms with Gasteiger partial charge in [0.25, 0.3) is 5.91 Å². The van der Waals surface area contributed by atoms with Gasteiger partial charge in [-0.2, -0.15) is 5.10 Å². The van der Waals surface area contributed by atoms with Gasteiger partial charge in [0.2, 0.25) is 0 Å². The molecule has 2 aliphatic heterocycles. The van der Waals surface area contributed by atoms with Crippen LogP contribution in [0.4, 0.5) is 0 Å². The summed E-state index contributed by atoms with van der Waals surface area (Å²) in [4.78, 5) is 15.3. The normalized spacial score (nSPS) is 21.9. The zero-order valence-electron chi connectivity index (χ0n) is 15.3. The average Bonchev–Trinajstić information content (AvgIpc) is 3.38. The molecule has 2 aliphatic rings. The lowest BCUT2D eigenvalue weighted by molar-refractivity contribution is 0.0662. The van der Waals surface area contributed by atoms with Crippen LogP contribution < -0.4 is 0 Å². The maximum atomic E-state index is 13.3. The van der Waals surface area contributed by atoms with E-state index in [1.807, 2.05) is 26.7 Å². The van der Waals surface area contributed by atoms with Gasteiger partial charge in [-0.05, 0) is 32.6 Å². The molecule has 1 unspecified atom stereocenters. The first-order valence-corrected chi connectivity index (χ1v) is 9.56. The molecule has 0 N–H and O–H groups in total. The van der Waals surface area contributed by atoms with Gasteiger partial charge in [-0.25, -0.2) is 4.68 Å². The van der Waals surface area contributed by atoms with Crippen molar-refractivity contribution < 1.29 is 9.53 Å². The molecule has 0 aliphatic carbocycles. The average molecular weight is 358 g/mol. The Kier molecular flexibility index (Phi) is 5.01. The van der Waals surface area contributed by atoms with E-state index in [-0.39, 0.29) is 11.9 Å². The van der Waals surface area contributed by atoms with Crippen molar-refractivity contribution >= 4 is 5.91 Å². The molecule has 0 bridgehead atoms. The van der Waals surface area contributed by atoms with E-state index in [4.69, 9.17) is 9.84 Å². The summed E-state index contributed by atoms with van der Waals surface area (Å²) in [5.74, 6) is 0.405. The van der Waals surface area contributed by atoms with Crippen LogP contribution in [0.2, 0.25) is 0 Å². The Balaban J connectivity index is 1.56. The number of piperidine rings is 1. The molecule has 0 aromatic carbocycles. The molecule has 140 valence electrons. The molecule has 4 heterocycles. The number of nitrogens with zero attached hydrogens (tertiary/aromatic N) is 6. The Bertz CT molecular complexity index is 735. The number of carbonyl (C=O) groups excluding carboxylic acids is 1. The molecule has 0 saturated carbocycles. The molecule has 1 amide bonds. The summed E-state index contributed by atoms with van der Waals surface area (Å²) in [6.45, 7) is 5.77. The fraction of sp³-hybridized carbons (Fsp3) is 0.667. The minimum atomic E-state index is 0.0935. The molecule has 4 rings (SSSR count). The number of aryl methyl sites for hydroxylation is 1. The van der Waals surface area contributed by atoms with Crippen LogP contribution in [0.3, 0.4) is 0 Å². The summed E-state index contributed by atoms with van der Waals surface area (Å²) in [7, 11) is 0. The van der Waals surface area contributed by atoms with Crippen molar-refractivity contribution in [3.63, 3.8) is 0 Å². The van der Waals surface area contributed by atoms with E-state index in [1.54, 1.807) is 6.20 Å². The van der Waals surface area contributed by atoms with E-state index >= 15 is 0 Å². The molecule has 8 heteroatoms. The summed E-state index contributed by atoms with van der Waals surface area (Å²) < 4.78 is 9.24. The van der Waals surface area contributed by atoms with Gasteiger partial charge in [0, 0.05) is 51.2 Å². The molecule has 0 spiro atoms. The number of aromatic nitrogens is 5. The molecule has 1 atom stereocenters. The Morgan fingerprint density at radius 2 is 2.15 bits per heavy atom. The van der Waals surface area contributed by atoms with Crippen molar-refractivity contribution in [3.05, 3.63) is 29.8 Å². The second-order valence-corrected chi connectivity index (χ2v) is 7.10. The monoisotopic (exact) mass is 358 g/mol. The largest absolute Gasteiger partial charge is 0.381 e. The van der Waals surface area contributed by atoms with Gasteiger partial charge in [0.05, 0.1) is 23.5 Å². The van der Waals surface area contributed by atoms with Gasteiger partial charge in [0.15, 0.2) is 0 Å². The number of hydrogen-bond donors (Lipinski definition) is 0. The minimum Gasteiger partial charge on any atom is -0.381 e. The van der Waals surface area contributed by atoms with Gasteiger partial charge in [0.1, 0.15) is 0 Å². The van der Waals surface area contributed by atoms with Gasteiger partial charge < -0.3 is 9.64 Å². The summed E-state index contributed by atoms with van der Waals surface area (Å²) in [6, 6.07) is 0.197. The van der Waals surface area contributed by atoms with E-state index in [0.29, 0.717) is 12.5 Å². The van der Waals surface area contributed by atoms with E-state index in [2.05, 4.69) is 17.2 Å². The zero-order valence-corrected chi connectivity index (χ0v) is 15.3. The Morgan fingerprint density at radius 3 is 2.88 bits per heavy atom. The lowest BCUT2D eigenvalue weighted by atomic mass is 9.93. The van der Waals surface area contributed by atoms with Crippen LogP contribution in [0.25, 0.3) is 0 Å². The Morgan fingerprint density at radius 1 is 1.31 bits per heavy atom. The number of carbonyl (C=O) groups is 1. The topological polar surface area (TPSA) is 78.1 Å². The molecule has 2 saturated heterocycles. The molecule has 26 heavy (non-hydrogen) atoms. The van der Waals surface area contributed by atoms with E-state index in [1.165, 1.54) is 0 Å². The van der Waals surface area contributed by atoms with Crippen LogP contribution in [0.1, 0.15) is 60.6 Å². The molecular weight excluding hydrogens is 332 g/mol. The maximum Gasteiger partial charge on any atom is 0.257 e. The van der Waals surface area contributed by atoms with Crippen LogP contribution in [-0.2, 0) is 11.3 Å². The summed E-state index contributed by atoms with van der Waals surface area (Å²) in [6.07, 6.45) is 9.35. The predicted octanol–water partition coefficient (Wildman–Crippen LogP) is 1.87. The maximum absolute atomic E-state index is 13.3. The number of amides is 1. The van der Waals surface area contributed by atoms with Crippen molar-refractivity contribution in [2.45, 2.75) is 51.1 Å². The lowest BCUT2D eigenvalue weighted by Gasteiger charge is -2.33. The van der Waals surface area contributed by atoms with Crippen LogP contribution in [0.15, 0.2) is 18.6 Å². The lowest BCUT2D eigenvalue weighted by Crippen LogP contribution is -2.41. The number of rotatable bonds is 4. The molecule has 2 aromatic heterocycles. The van der Waals surface area contributed by atoms with Crippen molar-refractivity contribution in [1.82, 2.24) is 29.7 Å². The van der Waals surface area contributed by atoms with Gasteiger partial charge >= 0.3 is 0 Å². The van der Waals surface area contributed by atoms with Crippen molar-refractivity contribution in [2.24, 2.45) is 0 Å². The fourth-order valence-electron chi connectivity index (χ4n) is 3.97. The highest BCUT2D eigenvalue weighted by molar-refractivity contribution is 5.95. The Labute approximate surface area is 153 Å². The third-order valence-corrected chi connectivity index (χ3v) is 5.45. The molecule has 2 fully saturated rings. The third kappa shape index (κ3) is 3.38.